The largest absolute Gasteiger partial charge is 0.472 e. The van der Waals surface area contributed by atoms with Crippen molar-refractivity contribution in [2.75, 3.05) is 47.5 Å². The van der Waals surface area contributed by atoms with Crippen LogP contribution in [0.25, 0.3) is 0 Å². The lowest BCUT2D eigenvalue weighted by Gasteiger charge is -2.24. The third kappa shape index (κ3) is 26.4. The van der Waals surface area contributed by atoms with E-state index >= 15 is 0 Å². The minimum Gasteiger partial charge on any atom is -0.462 e. The van der Waals surface area contributed by atoms with Gasteiger partial charge in [-0.3, -0.25) is 18.6 Å². The molecule has 0 aliphatic heterocycles. The summed E-state index contributed by atoms with van der Waals surface area (Å²) in [5, 5.41) is 0. The summed E-state index contributed by atoms with van der Waals surface area (Å²) in [7, 11) is 1.46. The Morgan fingerprint density at radius 3 is 1.95 bits per heavy atom. The van der Waals surface area contributed by atoms with E-state index in [9.17, 15) is 19.0 Å². The van der Waals surface area contributed by atoms with Gasteiger partial charge < -0.3 is 18.9 Å². The maximum Gasteiger partial charge on any atom is 0.472 e. The molecule has 0 aliphatic carbocycles. The van der Waals surface area contributed by atoms with Crippen LogP contribution in [0.5, 0.6) is 0 Å². The molecule has 10 heteroatoms. The number of quaternary nitrogens is 1. The van der Waals surface area contributed by atoms with E-state index in [4.69, 9.17) is 18.5 Å². The molecular weight excluding hydrogens is 509 g/mol. The highest BCUT2D eigenvalue weighted by Gasteiger charge is 2.26. The Balaban J connectivity index is 3.94. The lowest BCUT2D eigenvalue weighted by molar-refractivity contribution is -0.870. The van der Waals surface area contributed by atoms with Crippen LogP contribution in [0, 0.1) is 0 Å². The van der Waals surface area contributed by atoms with Crippen LogP contribution in [0.15, 0.2) is 12.2 Å². The van der Waals surface area contributed by atoms with Gasteiger partial charge in [0.05, 0.1) is 27.7 Å². The van der Waals surface area contributed by atoms with Gasteiger partial charge in [-0.2, -0.15) is 0 Å². The van der Waals surface area contributed by atoms with Gasteiger partial charge in [0.15, 0.2) is 6.10 Å². The third-order valence-electron chi connectivity index (χ3n) is 5.85. The second-order valence-corrected chi connectivity index (χ2v) is 12.3. The second kappa shape index (κ2) is 22.6. The van der Waals surface area contributed by atoms with E-state index in [1.807, 2.05) is 21.1 Å². The average molecular weight is 565 g/mol. The molecule has 0 aromatic carbocycles. The number of rotatable bonds is 25. The number of hydrogen-bond donors (Lipinski definition) is 1. The molecule has 1 N–H and O–H groups in total. The zero-order valence-corrected chi connectivity index (χ0v) is 25.6. The summed E-state index contributed by atoms with van der Waals surface area (Å²) in [4.78, 5) is 33.2. The monoisotopic (exact) mass is 564 g/mol. The number of carbonyl (C=O) groups excluding carboxylic acids is 2. The number of allylic oxidation sites excluding steroid dienone is 2. The first-order valence-electron chi connectivity index (χ1n) is 14.4. The van der Waals surface area contributed by atoms with E-state index in [0.717, 1.165) is 38.5 Å². The molecule has 0 aliphatic rings. The highest BCUT2D eigenvalue weighted by atomic mass is 31.2. The molecule has 9 nitrogen and oxygen atoms in total. The second-order valence-electron chi connectivity index (χ2n) is 10.9. The van der Waals surface area contributed by atoms with Gasteiger partial charge in [-0.25, -0.2) is 4.57 Å². The van der Waals surface area contributed by atoms with Gasteiger partial charge in [0.25, 0.3) is 0 Å². The number of esters is 2. The van der Waals surface area contributed by atoms with Crippen LogP contribution in [-0.4, -0.2) is 74.9 Å². The Hall–Kier alpha value is -1.25. The van der Waals surface area contributed by atoms with Crippen LogP contribution in [0.1, 0.15) is 104 Å². The molecule has 0 saturated carbocycles. The maximum atomic E-state index is 12.1. The van der Waals surface area contributed by atoms with Crippen molar-refractivity contribution in [2.45, 2.75) is 110 Å². The smallest absolute Gasteiger partial charge is 0.462 e. The number of ether oxygens (including phenoxy) is 2. The number of phosphoric ester groups is 1. The number of likely N-dealkylation sites (N-methyl/N-ethyl adjacent to an activating group) is 1. The molecule has 0 spiro atoms. The van der Waals surface area contributed by atoms with E-state index in [1.54, 1.807) is 0 Å². The highest BCUT2D eigenvalue weighted by molar-refractivity contribution is 7.47. The molecule has 0 radical (unpaired) electrons. The van der Waals surface area contributed by atoms with Gasteiger partial charge in [0, 0.05) is 13.3 Å². The fourth-order valence-corrected chi connectivity index (χ4v) is 4.34. The molecule has 0 aromatic rings. The Kier molecular flexibility index (Phi) is 21.8. The van der Waals surface area contributed by atoms with Crippen LogP contribution in [0.2, 0.25) is 0 Å². The van der Waals surface area contributed by atoms with E-state index < -0.39 is 32.5 Å². The van der Waals surface area contributed by atoms with Crippen molar-refractivity contribution in [1.29, 1.82) is 0 Å². The topological polar surface area (TPSA) is 108 Å². The molecule has 0 rings (SSSR count). The summed E-state index contributed by atoms with van der Waals surface area (Å²) in [6.07, 6.45) is 19.2. The van der Waals surface area contributed by atoms with Crippen LogP contribution in [-0.2, 0) is 32.7 Å². The first kappa shape index (κ1) is 36.8. The van der Waals surface area contributed by atoms with Crippen molar-refractivity contribution in [3.8, 4) is 0 Å². The number of carbonyl (C=O) groups is 2. The normalized spacial score (nSPS) is 14.4. The van der Waals surface area contributed by atoms with E-state index in [0.29, 0.717) is 11.0 Å². The van der Waals surface area contributed by atoms with Crippen molar-refractivity contribution < 1.29 is 42.1 Å². The van der Waals surface area contributed by atoms with Crippen LogP contribution < -0.4 is 0 Å². The van der Waals surface area contributed by atoms with E-state index in [2.05, 4.69) is 19.1 Å². The summed E-state index contributed by atoms with van der Waals surface area (Å²) in [5.74, 6) is -1.00. The first-order valence-corrected chi connectivity index (χ1v) is 15.8. The maximum absolute atomic E-state index is 12.1. The van der Waals surface area contributed by atoms with Gasteiger partial charge >= 0.3 is 19.8 Å². The SMILES string of the molecule is CCCCCCCCC=CCCCCCCCC(=O)OC[C@H](COP(=O)(O)OCC[N+](C)(C)C)OC(C)=O. The molecule has 0 bridgehead atoms. The van der Waals surface area contributed by atoms with Crippen molar-refractivity contribution in [3.63, 3.8) is 0 Å². The van der Waals surface area contributed by atoms with Crippen LogP contribution in [0.3, 0.4) is 0 Å². The predicted molar refractivity (Wildman–Crippen MR) is 151 cm³/mol. The number of hydrogen-bond acceptors (Lipinski definition) is 7. The summed E-state index contributed by atoms with van der Waals surface area (Å²) < 4.78 is 32.7. The number of unbranched alkanes of at least 4 members (excludes halogenated alkanes) is 11. The summed E-state index contributed by atoms with van der Waals surface area (Å²) in [5.41, 5.74) is 0. The number of nitrogens with zero attached hydrogens (tertiary/aromatic N) is 1. The molecule has 1 unspecified atom stereocenters. The summed E-state index contributed by atoms with van der Waals surface area (Å²) >= 11 is 0. The standard InChI is InChI=1S/C28H54NO8P/c1-6-7-8-9-10-11-12-13-14-15-16-17-18-19-20-21-28(31)34-24-27(37-26(2)30)25-36-38(32,33)35-23-22-29(3,4)5/h13-14,27H,6-12,15-25H2,1-5H3/p+1/t27-/m1/s1. The van der Waals surface area contributed by atoms with Gasteiger partial charge in [-0.1, -0.05) is 70.4 Å². The molecule has 0 aromatic heterocycles. The third-order valence-corrected chi connectivity index (χ3v) is 6.83. The molecule has 0 amide bonds. The zero-order chi connectivity index (χ0) is 28.7. The van der Waals surface area contributed by atoms with Crippen molar-refractivity contribution in [1.82, 2.24) is 0 Å². The highest BCUT2D eigenvalue weighted by Crippen LogP contribution is 2.43. The molecule has 0 fully saturated rings. The Morgan fingerprint density at radius 1 is 0.842 bits per heavy atom. The van der Waals surface area contributed by atoms with Crippen molar-refractivity contribution in [2.24, 2.45) is 0 Å². The average Bonchev–Trinajstić information content (AvgIpc) is 2.82. The lowest BCUT2D eigenvalue weighted by atomic mass is 10.1. The molecule has 0 heterocycles. The number of phosphoric acid groups is 1. The van der Waals surface area contributed by atoms with Crippen LogP contribution >= 0.6 is 7.82 Å². The van der Waals surface area contributed by atoms with E-state index in [1.165, 1.54) is 51.9 Å². The van der Waals surface area contributed by atoms with Gasteiger partial charge in [0.2, 0.25) is 0 Å². The minimum absolute atomic E-state index is 0.0282. The predicted octanol–water partition coefficient (Wildman–Crippen LogP) is 6.34. The van der Waals surface area contributed by atoms with Crippen molar-refractivity contribution >= 4 is 19.8 Å². The quantitative estimate of drug-likeness (QED) is 0.0450. The molecule has 0 saturated heterocycles. The molecule has 224 valence electrons. The van der Waals surface area contributed by atoms with Crippen molar-refractivity contribution in [3.05, 3.63) is 12.2 Å². The molecule has 2 atom stereocenters. The fraction of sp³-hybridized carbons (Fsp3) is 0.857. The summed E-state index contributed by atoms with van der Waals surface area (Å²) in [6, 6.07) is 0. The summed E-state index contributed by atoms with van der Waals surface area (Å²) in [6.45, 7) is 3.32. The minimum atomic E-state index is -4.32. The first-order chi connectivity index (χ1) is 17.9. The van der Waals surface area contributed by atoms with Gasteiger partial charge in [-0.15, -0.1) is 0 Å². The van der Waals surface area contributed by atoms with Gasteiger partial charge in [-0.05, 0) is 32.1 Å². The molecular formula is C28H55NO8P+. The zero-order valence-electron chi connectivity index (χ0n) is 24.7. The molecule has 38 heavy (non-hydrogen) atoms. The fourth-order valence-electron chi connectivity index (χ4n) is 3.59. The van der Waals surface area contributed by atoms with E-state index in [-0.39, 0.29) is 19.6 Å². The lowest BCUT2D eigenvalue weighted by Crippen LogP contribution is -2.37. The van der Waals surface area contributed by atoms with Crippen LogP contribution in [0.4, 0.5) is 0 Å². The Morgan fingerprint density at radius 2 is 1.39 bits per heavy atom. The van der Waals surface area contributed by atoms with Gasteiger partial charge in [0.1, 0.15) is 19.8 Å². The Bertz CT molecular complexity index is 693. The Labute approximate surface area is 231 Å².